The van der Waals surface area contributed by atoms with Crippen molar-refractivity contribution < 1.29 is 19.7 Å². The van der Waals surface area contributed by atoms with Crippen LogP contribution in [0.1, 0.15) is 50.6 Å². The quantitative estimate of drug-likeness (QED) is 0.672. The average molecular weight is 380 g/mol. The van der Waals surface area contributed by atoms with Crippen LogP contribution in [0.5, 0.6) is 0 Å². The molecule has 2 fully saturated rings. The second-order valence-corrected chi connectivity index (χ2v) is 7.47. The van der Waals surface area contributed by atoms with Gasteiger partial charge in [-0.1, -0.05) is 43.0 Å². The summed E-state index contributed by atoms with van der Waals surface area (Å²) < 4.78 is 0. The molecule has 1 aromatic rings. The maximum atomic E-state index is 12.6. The highest BCUT2D eigenvalue weighted by Gasteiger charge is 2.52. The summed E-state index contributed by atoms with van der Waals surface area (Å²) in [5, 5.41) is 6.08. The van der Waals surface area contributed by atoms with Crippen LogP contribution in [0.3, 0.4) is 0 Å². The summed E-state index contributed by atoms with van der Waals surface area (Å²) in [7, 11) is 0. The fraction of sp³-hybridized carbons (Fsp3) is 0.500. The van der Waals surface area contributed by atoms with E-state index in [-0.39, 0.29) is 18.5 Å². The Kier molecular flexibility index (Phi) is 5.48. The number of carbonyl (C=O) groups excluding carboxylic acids is 3. The second-order valence-electron chi connectivity index (χ2n) is 7.03. The minimum absolute atomic E-state index is 0.0206. The van der Waals surface area contributed by atoms with Gasteiger partial charge in [0.15, 0.2) is 6.54 Å². The number of hydrazine groups is 1. The first-order chi connectivity index (χ1) is 12.4. The second kappa shape index (κ2) is 7.63. The Labute approximate surface area is 157 Å². The highest BCUT2D eigenvalue weighted by Crippen LogP contribution is 2.32. The Morgan fingerprint density at radius 3 is 2.77 bits per heavy atom. The number of nitrogens with one attached hydrogen (secondary N) is 2. The fourth-order valence-electron chi connectivity index (χ4n) is 3.60. The van der Waals surface area contributed by atoms with Crippen LogP contribution >= 0.6 is 11.6 Å². The van der Waals surface area contributed by atoms with Crippen LogP contribution in [0.2, 0.25) is 5.02 Å². The van der Waals surface area contributed by atoms with Gasteiger partial charge >= 0.3 is 6.03 Å². The van der Waals surface area contributed by atoms with Crippen LogP contribution in [-0.4, -0.2) is 34.9 Å². The van der Waals surface area contributed by atoms with E-state index in [1.165, 1.54) is 0 Å². The van der Waals surface area contributed by atoms with Gasteiger partial charge in [-0.15, -0.1) is 0 Å². The van der Waals surface area contributed by atoms with Gasteiger partial charge in [-0.05, 0) is 31.9 Å². The standard InChI is InChI=1S/C18H23ClN4O3/c1-12(13-6-5-7-14(19)10-13)20-11-15(24)22-23-16(25)18(21-17(23)26)8-3-2-4-9-18/h5-7,10,12,20H,2-4,8-9,11H2,1H3,(H,21,26)(H,22,24)/p+1/t12-/m1/s1. The van der Waals surface area contributed by atoms with Crippen LogP contribution < -0.4 is 16.1 Å². The summed E-state index contributed by atoms with van der Waals surface area (Å²) >= 11 is 5.99. The molecule has 0 unspecified atom stereocenters. The maximum absolute atomic E-state index is 12.6. The minimum Gasteiger partial charge on any atom is -0.332 e. The Hall–Kier alpha value is -2.12. The van der Waals surface area contributed by atoms with Crippen molar-refractivity contribution in [1.82, 2.24) is 15.8 Å². The fourth-order valence-corrected chi connectivity index (χ4v) is 3.79. The van der Waals surface area contributed by atoms with Crippen LogP contribution in [0.15, 0.2) is 24.3 Å². The van der Waals surface area contributed by atoms with Crippen molar-refractivity contribution in [3.8, 4) is 0 Å². The zero-order valence-corrected chi connectivity index (χ0v) is 15.5. The zero-order chi connectivity index (χ0) is 18.7. The lowest BCUT2D eigenvalue weighted by atomic mass is 9.82. The van der Waals surface area contributed by atoms with Crippen LogP contribution in [0, 0.1) is 0 Å². The van der Waals surface area contributed by atoms with Gasteiger partial charge in [0.2, 0.25) is 0 Å². The molecule has 2 aliphatic rings. The van der Waals surface area contributed by atoms with Gasteiger partial charge < -0.3 is 10.6 Å². The summed E-state index contributed by atoms with van der Waals surface area (Å²) in [6.07, 6.45) is 4.12. The first-order valence-corrected chi connectivity index (χ1v) is 9.34. The molecule has 0 bridgehead atoms. The number of hydrogen-bond acceptors (Lipinski definition) is 3. The number of quaternary nitrogens is 1. The Morgan fingerprint density at radius 1 is 1.35 bits per heavy atom. The average Bonchev–Trinajstić information content (AvgIpc) is 2.84. The molecule has 1 spiro atoms. The van der Waals surface area contributed by atoms with E-state index in [0.717, 1.165) is 29.8 Å². The highest BCUT2D eigenvalue weighted by molar-refractivity contribution is 6.30. The summed E-state index contributed by atoms with van der Waals surface area (Å²) in [5.74, 6) is -0.742. The van der Waals surface area contributed by atoms with Crippen LogP contribution in [0.4, 0.5) is 4.79 Å². The number of nitrogens with zero attached hydrogens (tertiary/aromatic N) is 1. The molecular weight excluding hydrogens is 356 g/mol. The molecule has 1 saturated carbocycles. The van der Waals surface area contributed by atoms with Crippen molar-refractivity contribution in [2.24, 2.45) is 0 Å². The maximum Gasteiger partial charge on any atom is 0.344 e. The molecule has 1 aliphatic carbocycles. The van der Waals surface area contributed by atoms with Gasteiger partial charge in [0.1, 0.15) is 11.6 Å². The van der Waals surface area contributed by atoms with E-state index in [2.05, 4.69) is 10.7 Å². The smallest absolute Gasteiger partial charge is 0.332 e. The van der Waals surface area contributed by atoms with Gasteiger partial charge in [0.05, 0.1) is 0 Å². The first kappa shape index (κ1) is 18.7. The summed E-state index contributed by atoms with van der Waals surface area (Å²) in [6, 6.07) is 6.92. The number of hydrogen-bond donors (Lipinski definition) is 3. The monoisotopic (exact) mass is 379 g/mol. The van der Waals surface area contributed by atoms with E-state index in [0.29, 0.717) is 17.9 Å². The molecule has 0 radical (unpaired) electrons. The number of halogens is 1. The van der Waals surface area contributed by atoms with E-state index in [9.17, 15) is 14.4 Å². The van der Waals surface area contributed by atoms with E-state index >= 15 is 0 Å². The van der Waals surface area contributed by atoms with E-state index in [1.54, 1.807) is 6.07 Å². The predicted molar refractivity (Wildman–Crippen MR) is 96.0 cm³/mol. The molecule has 1 heterocycles. The van der Waals surface area contributed by atoms with E-state index in [1.807, 2.05) is 30.4 Å². The molecule has 140 valence electrons. The third-order valence-electron chi connectivity index (χ3n) is 5.14. The molecule has 0 aromatic heterocycles. The third-order valence-corrected chi connectivity index (χ3v) is 5.37. The molecule has 4 amide bonds. The number of urea groups is 1. The van der Waals surface area contributed by atoms with Gasteiger partial charge in [-0.25, -0.2) is 4.79 Å². The molecular formula is C18H24ClN4O3+. The number of imide groups is 1. The summed E-state index contributed by atoms with van der Waals surface area (Å²) in [6.45, 7) is 2.06. The molecule has 8 heteroatoms. The lowest BCUT2D eigenvalue weighted by molar-refractivity contribution is -0.682. The van der Waals surface area contributed by atoms with Crippen LogP contribution in [0.25, 0.3) is 0 Å². The van der Waals surface area contributed by atoms with Crippen molar-refractivity contribution in [1.29, 1.82) is 0 Å². The van der Waals surface area contributed by atoms with Gasteiger partial charge in [-0.2, -0.15) is 5.01 Å². The van der Waals surface area contributed by atoms with Crippen molar-refractivity contribution in [2.45, 2.75) is 50.6 Å². The number of benzene rings is 1. The summed E-state index contributed by atoms with van der Waals surface area (Å²) in [4.78, 5) is 37.0. The van der Waals surface area contributed by atoms with Gasteiger partial charge in [-0.3, -0.25) is 15.0 Å². The first-order valence-electron chi connectivity index (χ1n) is 8.96. The minimum atomic E-state index is -0.833. The number of amides is 4. The number of carbonyl (C=O) groups is 3. The van der Waals surface area contributed by atoms with Crippen molar-refractivity contribution in [3.05, 3.63) is 34.9 Å². The Bertz CT molecular complexity index is 718. The van der Waals surface area contributed by atoms with E-state index in [4.69, 9.17) is 11.6 Å². The van der Waals surface area contributed by atoms with Crippen molar-refractivity contribution in [3.63, 3.8) is 0 Å². The molecule has 1 aliphatic heterocycles. The molecule has 26 heavy (non-hydrogen) atoms. The van der Waals surface area contributed by atoms with Gasteiger partial charge in [0.25, 0.3) is 11.8 Å². The van der Waals surface area contributed by atoms with Gasteiger partial charge in [0, 0.05) is 10.6 Å². The molecule has 3 rings (SSSR count). The zero-order valence-electron chi connectivity index (χ0n) is 14.8. The molecule has 1 atom stereocenters. The lowest BCUT2D eigenvalue weighted by Crippen LogP contribution is -2.87. The molecule has 4 N–H and O–H groups in total. The summed E-state index contributed by atoms with van der Waals surface area (Å²) in [5.41, 5.74) is 2.61. The number of rotatable bonds is 5. The van der Waals surface area contributed by atoms with Crippen LogP contribution in [-0.2, 0) is 9.59 Å². The molecule has 1 aromatic carbocycles. The largest absolute Gasteiger partial charge is 0.344 e. The highest BCUT2D eigenvalue weighted by atomic mass is 35.5. The van der Waals surface area contributed by atoms with Crippen molar-refractivity contribution >= 4 is 29.4 Å². The predicted octanol–water partition coefficient (Wildman–Crippen LogP) is 1.25. The topological polar surface area (TPSA) is 95.1 Å². The Morgan fingerprint density at radius 2 is 2.08 bits per heavy atom. The normalized spacial score (nSPS) is 20.2. The lowest BCUT2D eigenvalue weighted by Gasteiger charge is -2.30. The third kappa shape index (κ3) is 3.83. The Balaban J connectivity index is 1.54. The molecule has 1 saturated heterocycles. The van der Waals surface area contributed by atoms with Crippen molar-refractivity contribution in [2.75, 3.05) is 6.54 Å². The number of nitrogens with two attached hydrogens (primary N) is 1. The van der Waals surface area contributed by atoms with E-state index < -0.39 is 17.5 Å². The molecule has 7 nitrogen and oxygen atoms in total. The SMILES string of the molecule is C[C@@H]([NH2+]CC(=O)NN1C(=O)NC2(CCCCC2)C1=O)c1cccc(Cl)c1.